The molecule has 0 aliphatic rings. The van der Waals surface area contributed by atoms with Gasteiger partial charge in [-0.25, -0.2) is 0 Å². The first-order valence-electron chi connectivity index (χ1n) is 5.05. The highest BCUT2D eigenvalue weighted by molar-refractivity contribution is 6.49. The van der Waals surface area contributed by atoms with Gasteiger partial charge in [-0.2, -0.15) is 5.26 Å². The summed E-state index contributed by atoms with van der Waals surface area (Å²) in [6.07, 6.45) is 0.497. The highest BCUT2D eigenvalue weighted by Crippen LogP contribution is 2.29. The van der Waals surface area contributed by atoms with E-state index in [4.69, 9.17) is 16.9 Å². The molecule has 0 bridgehead atoms. The minimum absolute atomic E-state index is 0.00837. The van der Waals surface area contributed by atoms with Crippen molar-refractivity contribution in [3.8, 4) is 6.07 Å². The Morgan fingerprint density at radius 2 is 2.24 bits per heavy atom. The number of hydrogen-bond acceptors (Lipinski definition) is 3. The molecule has 5 heteroatoms. The van der Waals surface area contributed by atoms with Gasteiger partial charge in [0.25, 0.3) is 5.69 Å². The zero-order valence-electron chi connectivity index (χ0n) is 9.53. The standard InChI is InChI=1S/C12H11ClN2O2/c1-3-9(7-14)12(13)10-5-4-8(2)11(6-10)15(16)17/h4-6H,3H2,1-2H3. The molecule has 0 spiro atoms. The Bertz CT molecular complexity index is 530. The fourth-order valence-corrected chi connectivity index (χ4v) is 1.69. The van der Waals surface area contributed by atoms with Crippen LogP contribution in [-0.2, 0) is 0 Å². The minimum Gasteiger partial charge on any atom is -0.258 e. The minimum atomic E-state index is -0.457. The van der Waals surface area contributed by atoms with Crippen LogP contribution in [0.5, 0.6) is 0 Å². The van der Waals surface area contributed by atoms with E-state index in [1.54, 1.807) is 19.1 Å². The number of allylic oxidation sites excluding steroid dienone is 1. The summed E-state index contributed by atoms with van der Waals surface area (Å²) >= 11 is 6.04. The first-order valence-corrected chi connectivity index (χ1v) is 5.43. The van der Waals surface area contributed by atoms with Gasteiger partial charge in [0.05, 0.1) is 16.0 Å². The molecular formula is C12H11ClN2O2. The topological polar surface area (TPSA) is 66.9 Å². The fraction of sp³-hybridized carbons (Fsp3) is 0.250. The van der Waals surface area contributed by atoms with Crippen LogP contribution in [0.15, 0.2) is 23.8 Å². The second kappa shape index (κ2) is 5.46. The molecule has 4 nitrogen and oxygen atoms in total. The van der Waals surface area contributed by atoms with E-state index in [9.17, 15) is 10.1 Å². The summed E-state index contributed by atoms with van der Waals surface area (Å²) < 4.78 is 0. The van der Waals surface area contributed by atoms with Crippen LogP contribution in [0.25, 0.3) is 5.03 Å². The predicted molar refractivity (Wildman–Crippen MR) is 66.5 cm³/mol. The maximum absolute atomic E-state index is 10.8. The molecule has 0 N–H and O–H groups in total. The molecule has 0 aliphatic heterocycles. The number of nitriles is 1. The molecule has 17 heavy (non-hydrogen) atoms. The third-order valence-corrected chi connectivity index (χ3v) is 2.86. The van der Waals surface area contributed by atoms with Crippen molar-refractivity contribution < 1.29 is 4.92 Å². The maximum atomic E-state index is 10.8. The van der Waals surface area contributed by atoms with Gasteiger partial charge < -0.3 is 0 Å². The van der Waals surface area contributed by atoms with Crippen LogP contribution in [0, 0.1) is 28.4 Å². The molecule has 0 heterocycles. The molecular weight excluding hydrogens is 240 g/mol. The quantitative estimate of drug-likeness (QED) is 0.466. The Morgan fingerprint density at radius 3 is 2.71 bits per heavy atom. The molecule has 0 unspecified atom stereocenters. The number of aryl methyl sites for hydroxylation is 1. The highest BCUT2D eigenvalue weighted by Gasteiger charge is 2.13. The third kappa shape index (κ3) is 2.83. The van der Waals surface area contributed by atoms with E-state index in [-0.39, 0.29) is 10.7 Å². The van der Waals surface area contributed by atoms with Gasteiger partial charge in [0.1, 0.15) is 0 Å². The maximum Gasteiger partial charge on any atom is 0.272 e. The van der Waals surface area contributed by atoms with E-state index in [1.165, 1.54) is 6.07 Å². The van der Waals surface area contributed by atoms with E-state index < -0.39 is 4.92 Å². The molecule has 0 fully saturated rings. The number of nitro benzene ring substituents is 1. The Morgan fingerprint density at radius 1 is 1.59 bits per heavy atom. The van der Waals surface area contributed by atoms with E-state index in [0.717, 1.165) is 0 Å². The summed E-state index contributed by atoms with van der Waals surface area (Å²) in [6, 6.07) is 6.69. The first-order chi connectivity index (χ1) is 8.01. The average Bonchev–Trinajstić information content (AvgIpc) is 2.30. The molecule has 1 aromatic rings. The van der Waals surface area contributed by atoms with Crippen molar-refractivity contribution in [2.45, 2.75) is 20.3 Å². The number of halogens is 1. The van der Waals surface area contributed by atoms with Gasteiger partial charge >= 0.3 is 0 Å². The summed E-state index contributed by atoms with van der Waals surface area (Å²) in [4.78, 5) is 10.3. The van der Waals surface area contributed by atoms with Crippen LogP contribution >= 0.6 is 11.6 Å². The monoisotopic (exact) mass is 250 g/mol. The molecule has 0 amide bonds. The average molecular weight is 251 g/mol. The lowest BCUT2D eigenvalue weighted by Gasteiger charge is -2.03. The van der Waals surface area contributed by atoms with E-state index in [0.29, 0.717) is 23.1 Å². The lowest BCUT2D eigenvalue weighted by Crippen LogP contribution is -1.93. The van der Waals surface area contributed by atoms with Crippen LogP contribution in [0.4, 0.5) is 5.69 Å². The Hall–Kier alpha value is -1.86. The van der Waals surface area contributed by atoms with Gasteiger partial charge in [0.2, 0.25) is 0 Å². The van der Waals surface area contributed by atoms with E-state index in [1.807, 2.05) is 13.0 Å². The normalized spacial score (nSPS) is 11.6. The van der Waals surface area contributed by atoms with Gasteiger partial charge in [-0.05, 0) is 13.3 Å². The number of nitro groups is 1. The van der Waals surface area contributed by atoms with Crippen LogP contribution in [0.2, 0.25) is 0 Å². The zero-order valence-corrected chi connectivity index (χ0v) is 10.3. The van der Waals surface area contributed by atoms with Gasteiger partial charge in [-0.15, -0.1) is 0 Å². The van der Waals surface area contributed by atoms with Gasteiger partial charge in [-0.1, -0.05) is 30.7 Å². The number of nitrogens with zero attached hydrogens (tertiary/aromatic N) is 2. The van der Waals surface area contributed by atoms with Crippen molar-refractivity contribution in [2.75, 3.05) is 0 Å². The van der Waals surface area contributed by atoms with Gasteiger partial charge in [0, 0.05) is 22.8 Å². The Balaban J connectivity index is 3.36. The van der Waals surface area contributed by atoms with Crippen molar-refractivity contribution in [3.05, 3.63) is 45.0 Å². The van der Waals surface area contributed by atoms with Crippen molar-refractivity contribution in [1.29, 1.82) is 5.26 Å². The van der Waals surface area contributed by atoms with Gasteiger partial charge in [0.15, 0.2) is 0 Å². The molecule has 1 aromatic carbocycles. The van der Waals surface area contributed by atoms with Crippen LogP contribution in [-0.4, -0.2) is 4.92 Å². The molecule has 0 aromatic heterocycles. The van der Waals surface area contributed by atoms with Crippen molar-refractivity contribution in [3.63, 3.8) is 0 Å². The summed E-state index contributed by atoms with van der Waals surface area (Å²) in [5, 5.41) is 19.9. The molecule has 0 saturated heterocycles. The molecule has 88 valence electrons. The zero-order chi connectivity index (χ0) is 13.0. The molecule has 1 rings (SSSR count). The number of hydrogen-bond donors (Lipinski definition) is 0. The van der Waals surface area contributed by atoms with E-state index >= 15 is 0 Å². The largest absolute Gasteiger partial charge is 0.272 e. The van der Waals surface area contributed by atoms with Crippen molar-refractivity contribution in [2.24, 2.45) is 0 Å². The Kier molecular flexibility index (Phi) is 4.24. The summed E-state index contributed by atoms with van der Waals surface area (Å²) in [6.45, 7) is 3.47. The summed E-state index contributed by atoms with van der Waals surface area (Å²) in [7, 11) is 0. The lowest BCUT2D eigenvalue weighted by atomic mass is 10.1. The number of benzene rings is 1. The molecule has 0 aliphatic carbocycles. The van der Waals surface area contributed by atoms with Gasteiger partial charge in [-0.3, -0.25) is 10.1 Å². The lowest BCUT2D eigenvalue weighted by molar-refractivity contribution is -0.385. The summed E-state index contributed by atoms with van der Waals surface area (Å²) in [5.41, 5.74) is 1.50. The SMILES string of the molecule is CCC(C#N)=C(Cl)c1ccc(C)c([N+](=O)[O-])c1. The van der Waals surface area contributed by atoms with Crippen LogP contribution in [0.3, 0.4) is 0 Å². The molecule has 0 saturated carbocycles. The van der Waals surface area contributed by atoms with Crippen molar-refractivity contribution in [1.82, 2.24) is 0 Å². The van der Waals surface area contributed by atoms with Crippen molar-refractivity contribution >= 4 is 22.3 Å². The summed E-state index contributed by atoms with van der Waals surface area (Å²) in [5.74, 6) is 0. The Labute approximate surface area is 104 Å². The second-order valence-corrected chi connectivity index (χ2v) is 3.89. The second-order valence-electron chi connectivity index (χ2n) is 3.52. The molecule has 0 atom stereocenters. The van der Waals surface area contributed by atoms with Crippen LogP contribution < -0.4 is 0 Å². The predicted octanol–water partition coefficient (Wildman–Crippen LogP) is 3.79. The molecule has 0 radical (unpaired) electrons. The van der Waals surface area contributed by atoms with E-state index in [2.05, 4.69) is 0 Å². The highest BCUT2D eigenvalue weighted by atomic mass is 35.5. The fourth-order valence-electron chi connectivity index (χ4n) is 1.40. The number of rotatable bonds is 3. The third-order valence-electron chi connectivity index (χ3n) is 2.41. The smallest absolute Gasteiger partial charge is 0.258 e. The van der Waals surface area contributed by atoms with Crippen LogP contribution in [0.1, 0.15) is 24.5 Å². The first kappa shape index (κ1) is 13.2.